The molecule has 1 rings (SSSR count). The molecule has 158 valence electrons. The van der Waals surface area contributed by atoms with Crippen LogP contribution in [0.5, 0.6) is 5.75 Å². The molecule has 28 heavy (non-hydrogen) atoms. The highest BCUT2D eigenvalue weighted by Crippen LogP contribution is 2.20. The number of carbonyl (C=O) groups is 1. The van der Waals surface area contributed by atoms with E-state index in [1.165, 1.54) is 0 Å². The highest BCUT2D eigenvalue weighted by atomic mass is 16.5. The van der Waals surface area contributed by atoms with Crippen LogP contribution in [0.2, 0.25) is 0 Å². The van der Waals surface area contributed by atoms with E-state index in [9.17, 15) is 9.90 Å². The Morgan fingerprint density at radius 2 is 1.96 bits per heavy atom. The summed E-state index contributed by atoms with van der Waals surface area (Å²) in [6.45, 7) is 11.3. The van der Waals surface area contributed by atoms with Crippen molar-refractivity contribution in [1.29, 1.82) is 0 Å². The topological polar surface area (TPSA) is 95.0 Å². The first-order valence-electron chi connectivity index (χ1n) is 10.1. The van der Waals surface area contributed by atoms with Gasteiger partial charge >= 0.3 is 0 Å². The third-order valence-electron chi connectivity index (χ3n) is 4.05. The Morgan fingerprint density at radius 1 is 1.21 bits per heavy atom. The van der Waals surface area contributed by atoms with Crippen molar-refractivity contribution in [2.24, 2.45) is 4.99 Å². The molecule has 0 saturated heterocycles. The van der Waals surface area contributed by atoms with E-state index in [0.29, 0.717) is 25.5 Å². The molecule has 2 atom stereocenters. The van der Waals surface area contributed by atoms with Crippen LogP contribution in [-0.2, 0) is 4.79 Å². The second kappa shape index (κ2) is 13.0. The van der Waals surface area contributed by atoms with E-state index in [1.807, 2.05) is 58.9 Å². The third kappa shape index (κ3) is 9.60. The second-order valence-corrected chi connectivity index (χ2v) is 7.03. The lowest BCUT2D eigenvalue weighted by Gasteiger charge is -2.15. The molecule has 1 aromatic carbocycles. The molecule has 0 fully saturated rings. The van der Waals surface area contributed by atoms with Gasteiger partial charge in [0.05, 0.1) is 18.8 Å². The number of hydrogen-bond acceptors (Lipinski definition) is 4. The molecule has 7 heteroatoms. The predicted molar refractivity (Wildman–Crippen MR) is 114 cm³/mol. The number of carbonyl (C=O) groups excluding carboxylic acids is 1. The van der Waals surface area contributed by atoms with E-state index in [2.05, 4.69) is 20.9 Å². The fourth-order valence-corrected chi connectivity index (χ4v) is 2.44. The molecule has 0 radical (unpaired) electrons. The molecule has 7 nitrogen and oxygen atoms in total. The number of amides is 1. The van der Waals surface area contributed by atoms with Crippen molar-refractivity contribution >= 4 is 11.9 Å². The molecule has 2 unspecified atom stereocenters. The fraction of sp³-hybridized carbons (Fsp3) is 0.619. The molecule has 4 N–H and O–H groups in total. The molecular formula is C21H36N4O3. The molecule has 0 saturated carbocycles. The minimum Gasteiger partial charge on any atom is -0.491 e. The van der Waals surface area contributed by atoms with Crippen LogP contribution < -0.4 is 20.7 Å². The minimum absolute atomic E-state index is 0.0136. The first-order valence-corrected chi connectivity index (χ1v) is 10.1. The van der Waals surface area contributed by atoms with E-state index in [1.54, 1.807) is 0 Å². The van der Waals surface area contributed by atoms with Crippen LogP contribution in [-0.4, -0.2) is 48.8 Å². The number of guanidine groups is 1. The maximum atomic E-state index is 11.8. The van der Waals surface area contributed by atoms with Crippen LogP contribution in [0.4, 0.5) is 0 Å². The summed E-state index contributed by atoms with van der Waals surface area (Å²) in [5.41, 5.74) is 0.755. The maximum absolute atomic E-state index is 11.8. The highest BCUT2D eigenvalue weighted by molar-refractivity contribution is 5.81. The average Bonchev–Trinajstić information content (AvgIpc) is 2.65. The number of nitrogens with one attached hydrogen (secondary N) is 3. The van der Waals surface area contributed by atoms with Gasteiger partial charge in [-0.05, 0) is 51.8 Å². The number of benzene rings is 1. The third-order valence-corrected chi connectivity index (χ3v) is 4.05. The van der Waals surface area contributed by atoms with Crippen molar-refractivity contribution in [3.8, 4) is 5.75 Å². The van der Waals surface area contributed by atoms with Crippen molar-refractivity contribution in [2.75, 3.05) is 19.6 Å². The monoisotopic (exact) mass is 392 g/mol. The molecule has 0 bridgehead atoms. The normalized spacial score (nSPS) is 13.8. The molecule has 0 aliphatic rings. The zero-order valence-corrected chi connectivity index (χ0v) is 17.8. The van der Waals surface area contributed by atoms with Gasteiger partial charge in [0.2, 0.25) is 5.91 Å². The minimum atomic E-state index is -0.736. The van der Waals surface area contributed by atoms with Gasteiger partial charge in [0.25, 0.3) is 0 Å². The Bertz CT molecular complexity index is 619. The highest BCUT2D eigenvalue weighted by Gasteiger charge is 2.10. The first-order chi connectivity index (χ1) is 13.3. The largest absolute Gasteiger partial charge is 0.491 e. The molecule has 0 aliphatic heterocycles. The molecule has 1 aromatic rings. The standard InChI is InChI=1S/C21H36N4O3/c1-6-16(5)25-20(27)11-12-23-21(22-7-2)24-14-19(26)17-9-8-10-18(13-17)28-15(3)4/h8-10,13,15-16,19,26H,6-7,11-12,14H2,1-5H3,(H,25,27)(H2,22,23,24). The first kappa shape index (κ1) is 23.8. The van der Waals surface area contributed by atoms with E-state index in [4.69, 9.17) is 4.74 Å². The summed E-state index contributed by atoms with van der Waals surface area (Å²) in [7, 11) is 0. The number of aliphatic imine (C=N–C) groups is 1. The van der Waals surface area contributed by atoms with E-state index >= 15 is 0 Å². The summed E-state index contributed by atoms with van der Waals surface area (Å²) in [4.78, 5) is 16.3. The fourth-order valence-electron chi connectivity index (χ4n) is 2.44. The van der Waals surface area contributed by atoms with Gasteiger partial charge < -0.3 is 25.8 Å². The summed E-state index contributed by atoms with van der Waals surface area (Å²) >= 11 is 0. The Kier molecular flexibility index (Phi) is 11.0. The van der Waals surface area contributed by atoms with Crippen LogP contribution in [0.1, 0.15) is 59.1 Å². The van der Waals surface area contributed by atoms with Gasteiger partial charge in [-0.2, -0.15) is 0 Å². The van der Waals surface area contributed by atoms with Crippen LogP contribution >= 0.6 is 0 Å². The molecule has 0 spiro atoms. The number of rotatable bonds is 11. The van der Waals surface area contributed by atoms with Crippen molar-refractivity contribution in [2.45, 2.75) is 65.7 Å². The van der Waals surface area contributed by atoms with Gasteiger partial charge in [0.15, 0.2) is 5.96 Å². The van der Waals surface area contributed by atoms with Crippen LogP contribution in [0, 0.1) is 0 Å². The smallest absolute Gasteiger partial charge is 0.221 e. The van der Waals surface area contributed by atoms with Gasteiger partial charge in [-0.15, -0.1) is 0 Å². The van der Waals surface area contributed by atoms with Crippen molar-refractivity contribution in [3.05, 3.63) is 29.8 Å². The van der Waals surface area contributed by atoms with Gasteiger partial charge in [-0.3, -0.25) is 9.79 Å². The Morgan fingerprint density at radius 3 is 2.61 bits per heavy atom. The van der Waals surface area contributed by atoms with Crippen molar-refractivity contribution in [1.82, 2.24) is 16.0 Å². The van der Waals surface area contributed by atoms with Crippen molar-refractivity contribution in [3.63, 3.8) is 0 Å². The summed E-state index contributed by atoms with van der Waals surface area (Å²) < 4.78 is 5.67. The molecule has 0 aromatic heterocycles. The number of nitrogens with zero attached hydrogens (tertiary/aromatic N) is 1. The Labute approximate surface area is 169 Å². The lowest BCUT2D eigenvalue weighted by Crippen LogP contribution is -2.40. The Balaban J connectivity index is 2.57. The van der Waals surface area contributed by atoms with Gasteiger partial charge in [-0.1, -0.05) is 19.1 Å². The molecular weight excluding hydrogens is 356 g/mol. The van der Waals surface area contributed by atoms with E-state index < -0.39 is 6.10 Å². The number of aliphatic hydroxyl groups is 1. The van der Waals surface area contributed by atoms with E-state index in [0.717, 1.165) is 17.7 Å². The quantitative estimate of drug-likeness (QED) is 0.343. The average molecular weight is 393 g/mol. The SMILES string of the molecule is CCNC(=NCC(O)c1cccc(OC(C)C)c1)NCCC(=O)NC(C)CC. The summed E-state index contributed by atoms with van der Waals surface area (Å²) in [6.07, 6.45) is 0.614. The van der Waals surface area contributed by atoms with Crippen LogP contribution in [0.3, 0.4) is 0 Å². The summed E-state index contributed by atoms with van der Waals surface area (Å²) in [5.74, 6) is 1.32. The van der Waals surface area contributed by atoms with Gasteiger partial charge in [0, 0.05) is 25.6 Å². The number of hydrogen-bond donors (Lipinski definition) is 4. The zero-order chi connectivity index (χ0) is 20.9. The molecule has 0 heterocycles. The van der Waals surface area contributed by atoms with Crippen molar-refractivity contribution < 1.29 is 14.6 Å². The van der Waals surface area contributed by atoms with Crippen LogP contribution in [0.25, 0.3) is 0 Å². The van der Waals surface area contributed by atoms with Gasteiger partial charge in [0.1, 0.15) is 5.75 Å². The zero-order valence-electron chi connectivity index (χ0n) is 17.8. The second-order valence-electron chi connectivity index (χ2n) is 7.03. The van der Waals surface area contributed by atoms with E-state index in [-0.39, 0.29) is 24.6 Å². The van der Waals surface area contributed by atoms with Crippen LogP contribution in [0.15, 0.2) is 29.3 Å². The maximum Gasteiger partial charge on any atom is 0.221 e. The summed E-state index contributed by atoms with van der Waals surface area (Å²) in [5, 5.41) is 19.6. The lowest BCUT2D eigenvalue weighted by molar-refractivity contribution is -0.121. The van der Waals surface area contributed by atoms with Gasteiger partial charge in [-0.25, -0.2) is 0 Å². The number of ether oxygens (including phenoxy) is 1. The predicted octanol–water partition coefficient (Wildman–Crippen LogP) is 2.37. The molecule has 0 aliphatic carbocycles. The number of aliphatic hydroxyl groups excluding tert-OH is 1. The molecule has 1 amide bonds. The lowest BCUT2D eigenvalue weighted by atomic mass is 10.1. The Hall–Kier alpha value is -2.28. The summed E-state index contributed by atoms with van der Waals surface area (Å²) in [6, 6.07) is 7.60.